The second-order valence-electron chi connectivity index (χ2n) is 6.59. The Morgan fingerprint density at radius 2 is 2.17 bits per heavy atom. The van der Waals surface area contributed by atoms with Crippen molar-refractivity contribution in [1.82, 2.24) is 4.90 Å². The van der Waals surface area contributed by atoms with Gasteiger partial charge in [0.05, 0.1) is 5.54 Å². The summed E-state index contributed by atoms with van der Waals surface area (Å²) in [6.07, 6.45) is 5.26. The zero-order valence-electron chi connectivity index (χ0n) is 13.4. The van der Waals surface area contributed by atoms with E-state index in [9.17, 15) is 9.59 Å². The maximum Gasteiger partial charge on any atom is 0.410 e. The molecule has 1 saturated heterocycles. The van der Waals surface area contributed by atoms with Crippen molar-refractivity contribution in [3.05, 3.63) is 48.6 Å². The van der Waals surface area contributed by atoms with E-state index >= 15 is 0 Å². The number of likely N-dealkylation sites (tertiary alicyclic amines) is 1. The third-order valence-corrected chi connectivity index (χ3v) is 5.06. The summed E-state index contributed by atoms with van der Waals surface area (Å²) in [5, 5.41) is 0. The largest absolute Gasteiger partial charge is 0.445 e. The Kier molecular flexibility index (Phi) is 4.51. The first kappa shape index (κ1) is 15.8. The molecule has 1 amide bonds. The molecule has 0 aromatic heterocycles. The molecule has 2 atom stereocenters. The molecule has 0 bridgehead atoms. The van der Waals surface area contributed by atoms with Gasteiger partial charge in [0.25, 0.3) is 0 Å². The Morgan fingerprint density at radius 1 is 1.39 bits per heavy atom. The lowest BCUT2D eigenvalue weighted by Gasteiger charge is -2.34. The molecular weight excluding hydrogens is 290 g/mol. The monoisotopic (exact) mass is 313 g/mol. The van der Waals surface area contributed by atoms with Crippen molar-refractivity contribution < 1.29 is 14.3 Å². The zero-order chi connectivity index (χ0) is 16.3. The van der Waals surface area contributed by atoms with Crippen molar-refractivity contribution in [2.24, 2.45) is 5.92 Å². The van der Waals surface area contributed by atoms with Crippen molar-refractivity contribution in [1.29, 1.82) is 0 Å². The van der Waals surface area contributed by atoms with Crippen LogP contribution in [0.25, 0.3) is 0 Å². The Labute approximate surface area is 137 Å². The normalized spacial score (nSPS) is 26.7. The summed E-state index contributed by atoms with van der Waals surface area (Å²) in [4.78, 5) is 26.6. The van der Waals surface area contributed by atoms with E-state index in [-0.39, 0.29) is 29.9 Å². The van der Waals surface area contributed by atoms with Gasteiger partial charge in [-0.25, -0.2) is 4.79 Å². The Morgan fingerprint density at radius 3 is 2.91 bits per heavy atom. The van der Waals surface area contributed by atoms with Gasteiger partial charge in [0, 0.05) is 18.9 Å². The van der Waals surface area contributed by atoms with Crippen LogP contribution in [0.2, 0.25) is 0 Å². The third-order valence-electron chi connectivity index (χ3n) is 5.06. The van der Waals surface area contributed by atoms with Crippen molar-refractivity contribution >= 4 is 11.9 Å². The molecule has 2 unspecified atom stereocenters. The minimum Gasteiger partial charge on any atom is -0.445 e. The molecule has 3 rings (SSSR count). The molecule has 1 aromatic rings. The number of carbonyl (C=O) groups excluding carboxylic acids is 2. The molecule has 1 aliphatic carbocycles. The fourth-order valence-corrected chi connectivity index (χ4v) is 3.95. The molecule has 4 nitrogen and oxygen atoms in total. The lowest BCUT2D eigenvalue weighted by atomic mass is 9.92. The molecule has 1 aliphatic heterocycles. The average molecular weight is 313 g/mol. The number of ketones is 1. The van der Waals surface area contributed by atoms with Crippen molar-refractivity contribution in [3.8, 4) is 0 Å². The minimum atomic E-state index is -0.321. The van der Waals surface area contributed by atoms with E-state index in [1.165, 1.54) is 0 Å². The molecular formula is C19H23NO3. The number of rotatable bonds is 4. The van der Waals surface area contributed by atoms with Crippen molar-refractivity contribution in [2.75, 3.05) is 6.54 Å². The second-order valence-corrected chi connectivity index (χ2v) is 6.59. The number of ether oxygens (including phenoxy) is 1. The predicted molar refractivity (Wildman–Crippen MR) is 87.8 cm³/mol. The van der Waals surface area contributed by atoms with E-state index in [4.69, 9.17) is 4.74 Å². The van der Waals surface area contributed by atoms with Crippen LogP contribution in [0.5, 0.6) is 0 Å². The van der Waals surface area contributed by atoms with Crippen LogP contribution in [0.4, 0.5) is 4.79 Å². The molecule has 1 spiro atoms. The topological polar surface area (TPSA) is 46.6 Å². The van der Waals surface area contributed by atoms with Crippen LogP contribution in [0, 0.1) is 5.92 Å². The van der Waals surface area contributed by atoms with Gasteiger partial charge in [-0.3, -0.25) is 4.79 Å². The molecule has 122 valence electrons. The predicted octanol–water partition coefficient (Wildman–Crippen LogP) is 3.71. The number of nitrogens with zero attached hydrogens (tertiary/aromatic N) is 1. The quantitative estimate of drug-likeness (QED) is 0.796. The van der Waals surface area contributed by atoms with Gasteiger partial charge in [-0.05, 0) is 31.2 Å². The smallest absolute Gasteiger partial charge is 0.410 e. The number of hydrogen-bond acceptors (Lipinski definition) is 3. The molecule has 2 aliphatic rings. The summed E-state index contributed by atoms with van der Waals surface area (Å²) in [6.45, 7) is 4.69. The van der Waals surface area contributed by atoms with E-state index < -0.39 is 0 Å². The fourth-order valence-electron chi connectivity index (χ4n) is 3.95. The maximum atomic E-state index is 12.5. The van der Waals surface area contributed by atoms with Crippen LogP contribution in [0.1, 0.15) is 37.7 Å². The average Bonchev–Trinajstić information content (AvgIpc) is 3.10. The van der Waals surface area contributed by atoms with Crippen LogP contribution in [-0.2, 0) is 16.1 Å². The molecule has 4 heteroatoms. The Balaban J connectivity index is 1.66. The van der Waals surface area contributed by atoms with E-state index in [0.29, 0.717) is 19.4 Å². The highest BCUT2D eigenvalue weighted by Gasteiger charge is 2.52. The molecule has 2 fully saturated rings. The second kappa shape index (κ2) is 6.57. The summed E-state index contributed by atoms with van der Waals surface area (Å²) in [7, 11) is 0. The van der Waals surface area contributed by atoms with Gasteiger partial charge in [0.2, 0.25) is 0 Å². The van der Waals surface area contributed by atoms with Gasteiger partial charge in [0.1, 0.15) is 12.4 Å². The molecule has 1 saturated carbocycles. The van der Waals surface area contributed by atoms with Crippen LogP contribution >= 0.6 is 0 Å². The van der Waals surface area contributed by atoms with Gasteiger partial charge < -0.3 is 9.64 Å². The number of amides is 1. The van der Waals surface area contributed by atoms with E-state index in [2.05, 4.69) is 6.58 Å². The fraction of sp³-hybridized carbons (Fsp3) is 0.474. The molecule has 1 heterocycles. The van der Waals surface area contributed by atoms with Crippen LogP contribution in [0.3, 0.4) is 0 Å². The van der Waals surface area contributed by atoms with Crippen LogP contribution in [-0.4, -0.2) is 28.9 Å². The molecule has 0 N–H and O–H groups in total. The third kappa shape index (κ3) is 3.16. The van der Waals surface area contributed by atoms with Crippen LogP contribution in [0.15, 0.2) is 43.0 Å². The number of carbonyl (C=O) groups is 2. The number of benzene rings is 1. The summed E-state index contributed by atoms with van der Waals surface area (Å²) < 4.78 is 5.48. The lowest BCUT2D eigenvalue weighted by molar-refractivity contribution is -0.120. The van der Waals surface area contributed by atoms with E-state index in [0.717, 1.165) is 24.8 Å². The summed E-state index contributed by atoms with van der Waals surface area (Å²) >= 11 is 0. The first-order valence-electron chi connectivity index (χ1n) is 8.26. The standard InChI is InChI=1S/C19H23NO3/c1-2-7-16-12-19(13-17(16)21)10-6-11-20(19)18(22)23-14-15-8-4-3-5-9-15/h2-5,8-9,16H,1,6-7,10-14H2. The van der Waals surface area contributed by atoms with Gasteiger partial charge in [0.15, 0.2) is 0 Å². The molecule has 23 heavy (non-hydrogen) atoms. The molecule has 0 radical (unpaired) electrons. The van der Waals surface area contributed by atoms with Gasteiger partial charge >= 0.3 is 6.09 Å². The van der Waals surface area contributed by atoms with Crippen molar-refractivity contribution in [2.45, 2.75) is 44.2 Å². The van der Waals surface area contributed by atoms with Gasteiger partial charge in [-0.2, -0.15) is 0 Å². The van der Waals surface area contributed by atoms with Crippen LogP contribution < -0.4 is 0 Å². The van der Waals surface area contributed by atoms with E-state index in [1.807, 2.05) is 30.3 Å². The number of hydrogen-bond donors (Lipinski definition) is 0. The van der Waals surface area contributed by atoms with E-state index in [1.54, 1.807) is 11.0 Å². The van der Waals surface area contributed by atoms with Gasteiger partial charge in [-0.1, -0.05) is 36.4 Å². The Hall–Kier alpha value is -2.10. The highest BCUT2D eigenvalue weighted by atomic mass is 16.6. The first-order valence-corrected chi connectivity index (χ1v) is 8.26. The minimum absolute atomic E-state index is 0.00928. The summed E-state index contributed by atoms with van der Waals surface area (Å²) in [5.41, 5.74) is 0.652. The SMILES string of the molecule is C=CCC1CC2(CCCN2C(=O)OCc2ccccc2)CC1=O. The summed E-state index contributed by atoms with van der Waals surface area (Å²) in [6, 6.07) is 9.66. The summed E-state index contributed by atoms with van der Waals surface area (Å²) in [5.74, 6) is 0.266. The zero-order valence-corrected chi connectivity index (χ0v) is 13.4. The molecule has 1 aromatic carbocycles. The van der Waals surface area contributed by atoms with Gasteiger partial charge in [-0.15, -0.1) is 6.58 Å². The first-order chi connectivity index (χ1) is 11.1. The number of allylic oxidation sites excluding steroid dienone is 1. The maximum absolute atomic E-state index is 12.5. The lowest BCUT2D eigenvalue weighted by Crippen LogP contribution is -2.46. The van der Waals surface area contributed by atoms with Crippen molar-refractivity contribution in [3.63, 3.8) is 0 Å². The number of Topliss-reactive ketones (excluding diaryl/α,β-unsaturated/α-hetero) is 1. The highest BCUT2D eigenvalue weighted by Crippen LogP contribution is 2.45. The highest BCUT2D eigenvalue weighted by molar-refractivity contribution is 5.86. The Bertz CT molecular complexity index is 598.